The number of aromatic nitrogens is 3. The summed E-state index contributed by atoms with van der Waals surface area (Å²) in [6.45, 7) is 4.29. The second-order valence-electron chi connectivity index (χ2n) is 5.35. The number of anilines is 1. The maximum atomic E-state index is 4.53. The van der Waals surface area contributed by atoms with Crippen LogP contribution in [-0.2, 0) is 0 Å². The number of fused-ring (bicyclic) bond motifs is 1. The van der Waals surface area contributed by atoms with Gasteiger partial charge in [0.15, 0.2) is 5.65 Å². The molecule has 1 fully saturated rings. The third-order valence-corrected chi connectivity index (χ3v) is 4.01. The fraction of sp³-hybridized carbons (Fsp3) is 0.571. The molecule has 1 aliphatic carbocycles. The molecule has 1 aliphatic rings. The van der Waals surface area contributed by atoms with Crippen molar-refractivity contribution >= 4 is 11.6 Å². The van der Waals surface area contributed by atoms with Gasteiger partial charge in [0.2, 0.25) is 5.95 Å². The number of nitrogens with one attached hydrogen (secondary N) is 1. The van der Waals surface area contributed by atoms with E-state index in [-0.39, 0.29) is 0 Å². The molecule has 0 radical (unpaired) electrons. The van der Waals surface area contributed by atoms with Crippen molar-refractivity contribution in [3.8, 4) is 0 Å². The first-order valence-electron chi connectivity index (χ1n) is 6.83. The molecule has 2 aromatic heterocycles. The van der Waals surface area contributed by atoms with Gasteiger partial charge in [0.25, 0.3) is 0 Å². The Kier molecular flexibility index (Phi) is 2.94. The molecule has 0 amide bonds. The van der Waals surface area contributed by atoms with Crippen LogP contribution in [0.25, 0.3) is 5.65 Å². The van der Waals surface area contributed by atoms with E-state index in [1.165, 1.54) is 25.7 Å². The average molecular weight is 244 g/mol. The van der Waals surface area contributed by atoms with Gasteiger partial charge in [0.1, 0.15) is 0 Å². The van der Waals surface area contributed by atoms with Gasteiger partial charge < -0.3 is 5.32 Å². The third kappa shape index (κ3) is 2.07. The Morgan fingerprint density at radius 3 is 2.83 bits per heavy atom. The zero-order valence-corrected chi connectivity index (χ0v) is 11.1. The molecular formula is C14H20N4. The number of hydrogen-bond acceptors (Lipinski definition) is 3. The van der Waals surface area contributed by atoms with Crippen LogP contribution in [0.5, 0.6) is 0 Å². The van der Waals surface area contributed by atoms with E-state index < -0.39 is 0 Å². The minimum Gasteiger partial charge on any atom is -0.350 e. The Balaban J connectivity index is 1.80. The highest BCUT2D eigenvalue weighted by atomic mass is 15.4. The van der Waals surface area contributed by atoms with Crippen molar-refractivity contribution in [1.82, 2.24) is 14.6 Å². The van der Waals surface area contributed by atoms with E-state index in [2.05, 4.69) is 22.3 Å². The summed E-state index contributed by atoms with van der Waals surface area (Å²) in [4.78, 5) is 4.53. The van der Waals surface area contributed by atoms with Crippen molar-refractivity contribution in [1.29, 1.82) is 0 Å². The smallest absolute Gasteiger partial charge is 0.243 e. The van der Waals surface area contributed by atoms with Crippen LogP contribution in [0.3, 0.4) is 0 Å². The van der Waals surface area contributed by atoms with Gasteiger partial charge in [-0.15, -0.1) is 5.10 Å². The molecule has 4 nitrogen and oxygen atoms in total. The van der Waals surface area contributed by atoms with Crippen molar-refractivity contribution in [2.45, 2.75) is 45.6 Å². The zero-order chi connectivity index (χ0) is 12.5. The highest BCUT2D eigenvalue weighted by Gasteiger charge is 2.22. The van der Waals surface area contributed by atoms with Crippen LogP contribution < -0.4 is 5.32 Å². The summed E-state index contributed by atoms with van der Waals surface area (Å²) in [6.07, 6.45) is 5.41. The quantitative estimate of drug-likeness (QED) is 0.902. The summed E-state index contributed by atoms with van der Waals surface area (Å²) in [5, 5.41) is 7.98. The lowest BCUT2D eigenvalue weighted by molar-refractivity contribution is 0.480. The molecule has 2 aromatic rings. The Morgan fingerprint density at radius 1 is 1.33 bits per heavy atom. The molecule has 0 aliphatic heterocycles. The summed E-state index contributed by atoms with van der Waals surface area (Å²) in [7, 11) is 0. The minimum atomic E-state index is 0.463. The molecule has 4 heteroatoms. The van der Waals surface area contributed by atoms with Gasteiger partial charge >= 0.3 is 0 Å². The fourth-order valence-corrected chi connectivity index (χ4v) is 2.88. The number of aryl methyl sites for hydroxylation is 1. The summed E-state index contributed by atoms with van der Waals surface area (Å²) in [5.41, 5.74) is 2.03. The fourth-order valence-electron chi connectivity index (χ4n) is 2.88. The number of pyridine rings is 1. The molecule has 0 aromatic carbocycles. The summed E-state index contributed by atoms with van der Waals surface area (Å²) < 4.78 is 1.89. The van der Waals surface area contributed by atoms with Crippen molar-refractivity contribution in [2.24, 2.45) is 5.92 Å². The van der Waals surface area contributed by atoms with Gasteiger partial charge in [-0.1, -0.05) is 18.9 Å². The molecule has 18 heavy (non-hydrogen) atoms. The highest BCUT2D eigenvalue weighted by molar-refractivity contribution is 5.44. The second-order valence-corrected chi connectivity index (χ2v) is 5.35. The zero-order valence-electron chi connectivity index (χ0n) is 11.1. The van der Waals surface area contributed by atoms with E-state index in [0.29, 0.717) is 6.04 Å². The van der Waals surface area contributed by atoms with Gasteiger partial charge in [-0.2, -0.15) is 4.98 Å². The average Bonchev–Trinajstić information content (AvgIpc) is 2.97. The van der Waals surface area contributed by atoms with E-state index in [9.17, 15) is 0 Å². The monoisotopic (exact) mass is 244 g/mol. The lowest BCUT2D eigenvalue weighted by Crippen LogP contribution is -2.24. The summed E-state index contributed by atoms with van der Waals surface area (Å²) in [5.74, 6) is 1.53. The van der Waals surface area contributed by atoms with Crippen LogP contribution in [-0.4, -0.2) is 20.6 Å². The number of rotatable bonds is 3. The first kappa shape index (κ1) is 11.5. The Labute approximate surface area is 107 Å². The van der Waals surface area contributed by atoms with Crippen molar-refractivity contribution < 1.29 is 0 Å². The molecule has 0 spiro atoms. The van der Waals surface area contributed by atoms with Crippen molar-refractivity contribution in [3.63, 3.8) is 0 Å². The van der Waals surface area contributed by atoms with E-state index >= 15 is 0 Å². The normalized spacial score (nSPS) is 18.3. The van der Waals surface area contributed by atoms with Crippen LogP contribution in [0.4, 0.5) is 5.95 Å². The molecule has 2 heterocycles. The third-order valence-electron chi connectivity index (χ3n) is 4.01. The first-order chi connectivity index (χ1) is 8.74. The predicted octanol–water partition coefficient (Wildman–Crippen LogP) is 3.03. The van der Waals surface area contributed by atoms with Gasteiger partial charge in [0.05, 0.1) is 0 Å². The van der Waals surface area contributed by atoms with Crippen LogP contribution in [0.2, 0.25) is 0 Å². The molecular weight excluding hydrogens is 224 g/mol. The molecule has 1 saturated carbocycles. The predicted molar refractivity (Wildman–Crippen MR) is 72.8 cm³/mol. The molecule has 1 N–H and O–H groups in total. The van der Waals surface area contributed by atoms with Crippen molar-refractivity contribution in [3.05, 3.63) is 23.9 Å². The molecule has 0 saturated heterocycles. The molecule has 1 unspecified atom stereocenters. The summed E-state index contributed by atoms with van der Waals surface area (Å²) in [6, 6.07) is 6.52. The Hall–Kier alpha value is -1.58. The lowest BCUT2D eigenvalue weighted by atomic mass is 10.0. The van der Waals surface area contributed by atoms with Crippen LogP contribution in [0.15, 0.2) is 18.2 Å². The van der Waals surface area contributed by atoms with Crippen molar-refractivity contribution in [2.75, 3.05) is 5.32 Å². The SMILES string of the molecule is Cc1cccc2nc(NC(C)C3CCCC3)nn12. The van der Waals surface area contributed by atoms with E-state index in [4.69, 9.17) is 0 Å². The first-order valence-corrected chi connectivity index (χ1v) is 6.83. The van der Waals surface area contributed by atoms with Crippen LogP contribution in [0, 0.1) is 12.8 Å². The maximum absolute atomic E-state index is 4.53. The molecule has 1 atom stereocenters. The summed E-state index contributed by atoms with van der Waals surface area (Å²) >= 11 is 0. The van der Waals surface area contributed by atoms with E-state index in [0.717, 1.165) is 23.2 Å². The van der Waals surface area contributed by atoms with Gasteiger partial charge in [0, 0.05) is 11.7 Å². The lowest BCUT2D eigenvalue weighted by Gasteiger charge is -2.18. The topological polar surface area (TPSA) is 42.2 Å². The highest BCUT2D eigenvalue weighted by Crippen LogP contribution is 2.28. The van der Waals surface area contributed by atoms with Crippen LogP contribution >= 0.6 is 0 Å². The maximum Gasteiger partial charge on any atom is 0.243 e. The second kappa shape index (κ2) is 4.59. The van der Waals surface area contributed by atoms with Gasteiger partial charge in [-0.25, -0.2) is 4.52 Å². The largest absolute Gasteiger partial charge is 0.350 e. The number of hydrogen-bond donors (Lipinski definition) is 1. The van der Waals surface area contributed by atoms with E-state index in [1.54, 1.807) is 0 Å². The van der Waals surface area contributed by atoms with Crippen LogP contribution in [0.1, 0.15) is 38.3 Å². The standard InChI is InChI=1S/C14H20N4/c1-10-6-5-9-13-16-14(17-18(10)13)15-11(2)12-7-3-4-8-12/h5-6,9,11-12H,3-4,7-8H2,1-2H3,(H,15,17). The number of nitrogens with zero attached hydrogens (tertiary/aromatic N) is 3. The molecule has 96 valence electrons. The van der Waals surface area contributed by atoms with E-state index in [1.807, 2.05) is 29.6 Å². The molecule has 3 rings (SSSR count). The van der Waals surface area contributed by atoms with Gasteiger partial charge in [-0.05, 0) is 44.7 Å². The Morgan fingerprint density at radius 2 is 2.11 bits per heavy atom. The molecule has 0 bridgehead atoms. The Bertz CT molecular complexity index is 540. The minimum absolute atomic E-state index is 0.463. The van der Waals surface area contributed by atoms with Gasteiger partial charge in [-0.3, -0.25) is 0 Å².